The predicted molar refractivity (Wildman–Crippen MR) is 225 cm³/mol. The summed E-state index contributed by atoms with van der Waals surface area (Å²) in [6.07, 6.45) is 3.87. The van der Waals surface area contributed by atoms with E-state index < -0.39 is 37.7 Å². The zero-order valence-corrected chi connectivity index (χ0v) is 36.2. The quantitative estimate of drug-likeness (QED) is 0.108. The van der Waals surface area contributed by atoms with Gasteiger partial charge in [-0.05, 0) is 54.3 Å². The lowest BCUT2D eigenvalue weighted by Crippen LogP contribution is -2.51. The highest BCUT2D eigenvalue weighted by atomic mass is 28.3. The Labute approximate surface area is 349 Å². The lowest BCUT2D eigenvalue weighted by molar-refractivity contribution is -0.150. The van der Waals surface area contributed by atoms with Crippen LogP contribution in [0.1, 0.15) is 49.9 Å². The van der Waals surface area contributed by atoms with Gasteiger partial charge < -0.3 is 40.8 Å². The Morgan fingerprint density at radius 3 is 1.78 bits per heavy atom. The lowest BCUT2D eigenvalue weighted by Gasteiger charge is -2.42. The Bertz CT molecular complexity index is 2130. The molecule has 15 nitrogen and oxygen atoms in total. The third-order valence-electron chi connectivity index (χ3n) is 11.1. The van der Waals surface area contributed by atoms with Gasteiger partial charge in [0.15, 0.2) is 0 Å². The maximum atomic E-state index is 13.6. The number of halogens is 2. The molecular weight excluding hydrogens is 795 g/mol. The monoisotopic (exact) mass is 850 g/mol. The molecule has 2 aliphatic heterocycles. The Kier molecular flexibility index (Phi) is 15.1. The van der Waals surface area contributed by atoms with E-state index in [1.807, 2.05) is 13.8 Å². The highest BCUT2D eigenvalue weighted by Gasteiger charge is 2.40. The van der Waals surface area contributed by atoms with Crippen LogP contribution < -0.4 is 16.8 Å². The number of hydrogen-bond acceptors (Lipinski definition) is 10. The second-order valence-corrected chi connectivity index (χ2v) is 22.3. The van der Waals surface area contributed by atoms with Gasteiger partial charge in [-0.3, -0.25) is 19.2 Å². The largest absolute Gasteiger partial charge is 0.383 e. The lowest BCUT2D eigenvalue weighted by atomic mass is 9.87. The van der Waals surface area contributed by atoms with Crippen LogP contribution in [0.3, 0.4) is 0 Å². The molecule has 0 aliphatic carbocycles. The fourth-order valence-corrected chi connectivity index (χ4v) is 8.42. The summed E-state index contributed by atoms with van der Waals surface area (Å²) in [5, 5.41) is 7.64. The third-order valence-corrected chi connectivity index (χ3v) is 12.8. The number of nitrogens with two attached hydrogens (primary N) is 2. The van der Waals surface area contributed by atoms with Crippen molar-refractivity contribution in [2.75, 3.05) is 45.0 Å². The number of ether oxygens (including phenoxy) is 3. The number of amides is 4. The molecule has 0 saturated carbocycles. The fourth-order valence-electron chi connectivity index (χ4n) is 7.67. The van der Waals surface area contributed by atoms with Crippen molar-refractivity contribution in [1.82, 2.24) is 24.6 Å². The molecule has 2 fully saturated rings. The van der Waals surface area contributed by atoms with Crippen LogP contribution in [0, 0.1) is 23.5 Å². The van der Waals surface area contributed by atoms with Gasteiger partial charge in [0.05, 0.1) is 53.3 Å². The van der Waals surface area contributed by atoms with Crippen LogP contribution in [-0.2, 0) is 40.1 Å². The first-order valence-corrected chi connectivity index (χ1v) is 23.6. The summed E-state index contributed by atoms with van der Waals surface area (Å²) in [5.41, 5.74) is 13.5. The summed E-state index contributed by atoms with van der Waals surface area (Å²) in [6, 6.07) is 12.1. The molecule has 0 spiro atoms. The molecule has 4 amide bonds. The van der Waals surface area contributed by atoms with Gasteiger partial charge in [0.25, 0.3) is 0 Å². The Morgan fingerprint density at radius 1 is 0.817 bits per heavy atom. The average Bonchev–Trinajstić information content (AvgIpc) is 3.65. The molecule has 0 radical (unpaired) electrons. The number of anilines is 2. The van der Waals surface area contributed by atoms with E-state index in [0.29, 0.717) is 49.1 Å². The van der Waals surface area contributed by atoms with Crippen molar-refractivity contribution in [3.63, 3.8) is 0 Å². The van der Waals surface area contributed by atoms with Gasteiger partial charge in [0.2, 0.25) is 0 Å². The second-order valence-electron chi connectivity index (χ2n) is 16.7. The molecule has 2 saturated heterocycles. The SMILES string of the molecule is COC1C[C@@H](c2ccc(F)cc2)N(C(=O)C(=O)Nc2cnc(N)c3cnn(COCC[Si](C)(C)C)c23)C[C@@H]1C.COC1C[C@@H](c2ccc(F)cc2)N(C(=O)C(N)=O)C[C@@H]1C. The number of fused-ring (bicyclic) bond motifs is 1. The minimum Gasteiger partial charge on any atom is -0.383 e. The van der Waals surface area contributed by atoms with E-state index in [1.54, 1.807) is 49.4 Å². The molecule has 6 rings (SSSR count). The molecule has 324 valence electrons. The molecule has 4 heterocycles. The first-order chi connectivity index (χ1) is 28.4. The fraction of sp³-hybridized carbons (Fsp3) is 0.476. The van der Waals surface area contributed by atoms with E-state index in [2.05, 4.69) is 35.0 Å². The molecule has 0 bridgehead atoms. The molecule has 60 heavy (non-hydrogen) atoms. The Morgan fingerprint density at radius 2 is 1.32 bits per heavy atom. The van der Waals surface area contributed by atoms with Crippen molar-refractivity contribution < 1.29 is 42.2 Å². The number of carbonyl (C=O) groups excluding carboxylic acids is 4. The van der Waals surface area contributed by atoms with Crippen LogP contribution in [0.5, 0.6) is 0 Å². The number of benzene rings is 2. The minimum absolute atomic E-state index is 0.00286. The molecule has 2 aromatic heterocycles. The van der Waals surface area contributed by atoms with E-state index in [4.69, 9.17) is 25.7 Å². The molecule has 6 atom stereocenters. The van der Waals surface area contributed by atoms with Gasteiger partial charge in [-0.1, -0.05) is 57.8 Å². The van der Waals surface area contributed by atoms with E-state index in [9.17, 15) is 28.0 Å². The number of aromatic nitrogens is 3. The van der Waals surface area contributed by atoms with E-state index in [0.717, 1.165) is 17.2 Å². The smallest absolute Gasteiger partial charge is 0.314 e. The van der Waals surface area contributed by atoms with Gasteiger partial charge in [-0.2, -0.15) is 5.10 Å². The standard InChI is InChI=1S/C27H37FN6O4Si.C15H19FN2O3/c1-17-15-33(22(12-23(17)37-2)18-6-8-19(28)9-7-18)27(36)26(35)32-21-14-30-25(29)20-13-31-34(24(20)21)16-38-10-11-39(3,4)5;1-9-8-18(15(20)14(17)19)12(7-13(9)21-2)10-3-5-11(16)6-4-10/h6-9,13-14,17,22-23H,10-12,15-16H2,1-5H3,(H2,29,30)(H,32,35);3-6,9,12-13H,7-8H2,1-2H3,(H2,17,19)/t17-,22-,23?;9-,12-,13?/m00/s1. The summed E-state index contributed by atoms with van der Waals surface area (Å²) in [6.45, 7) is 12.2. The summed E-state index contributed by atoms with van der Waals surface area (Å²) < 4.78 is 45.2. The zero-order valence-electron chi connectivity index (χ0n) is 35.2. The van der Waals surface area contributed by atoms with Crippen molar-refractivity contribution in [2.45, 2.75) is 83.4 Å². The number of nitrogens with one attached hydrogen (secondary N) is 1. The molecule has 4 aromatic rings. The van der Waals surface area contributed by atoms with Crippen LogP contribution >= 0.6 is 0 Å². The minimum atomic E-state index is -1.26. The maximum absolute atomic E-state index is 13.6. The maximum Gasteiger partial charge on any atom is 0.314 e. The van der Waals surface area contributed by atoms with Crippen molar-refractivity contribution in [3.8, 4) is 0 Å². The van der Waals surface area contributed by atoms with E-state index >= 15 is 0 Å². The molecule has 2 aliphatic rings. The first-order valence-electron chi connectivity index (χ1n) is 19.9. The second kappa shape index (κ2) is 19.8. The van der Waals surface area contributed by atoms with Crippen LogP contribution in [0.4, 0.5) is 20.3 Å². The number of likely N-dealkylation sites (tertiary alicyclic amines) is 2. The number of carbonyl (C=O) groups is 4. The van der Waals surface area contributed by atoms with Crippen LogP contribution in [-0.4, -0.2) is 102 Å². The number of methoxy groups -OCH3 is 2. The number of nitrogen functional groups attached to an aromatic ring is 1. The number of hydrogen-bond donors (Lipinski definition) is 3. The highest BCUT2D eigenvalue weighted by molar-refractivity contribution is 6.76. The average molecular weight is 851 g/mol. The number of primary amides is 1. The topological polar surface area (TPSA) is 197 Å². The molecule has 18 heteroatoms. The number of nitrogens with zero attached hydrogens (tertiary/aromatic N) is 5. The van der Waals surface area contributed by atoms with Gasteiger partial charge in [0, 0.05) is 53.8 Å². The van der Waals surface area contributed by atoms with Gasteiger partial charge >= 0.3 is 23.6 Å². The van der Waals surface area contributed by atoms with Crippen molar-refractivity contribution in [1.29, 1.82) is 0 Å². The van der Waals surface area contributed by atoms with E-state index in [1.165, 1.54) is 40.3 Å². The summed E-state index contributed by atoms with van der Waals surface area (Å²) in [4.78, 5) is 57.3. The van der Waals surface area contributed by atoms with Gasteiger partial charge in [-0.15, -0.1) is 0 Å². The highest BCUT2D eigenvalue weighted by Crippen LogP contribution is 2.37. The van der Waals surface area contributed by atoms with Gasteiger partial charge in [-0.25, -0.2) is 18.4 Å². The number of rotatable bonds is 10. The van der Waals surface area contributed by atoms with Crippen LogP contribution in [0.25, 0.3) is 10.9 Å². The Hall–Kier alpha value is -5.30. The molecule has 2 unspecified atom stereocenters. The molecule has 5 N–H and O–H groups in total. The van der Waals surface area contributed by atoms with Crippen molar-refractivity contribution >= 4 is 54.1 Å². The van der Waals surface area contributed by atoms with E-state index in [-0.39, 0.29) is 54.3 Å². The first kappa shape index (κ1) is 45.8. The van der Waals surface area contributed by atoms with Crippen LogP contribution in [0.15, 0.2) is 60.9 Å². The normalized spacial score (nSPS) is 21.9. The number of pyridine rings is 1. The zero-order chi connectivity index (χ0) is 43.9. The van der Waals surface area contributed by atoms with Crippen molar-refractivity contribution in [3.05, 3.63) is 83.7 Å². The van der Waals surface area contributed by atoms with Crippen molar-refractivity contribution in [2.24, 2.45) is 17.6 Å². The molecule has 2 aromatic carbocycles. The summed E-state index contributed by atoms with van der Waals surface area (Å²) in [5.74, 6) is -3.58. The van der Waals surface area contributed by atoms with Gasteiger partial charge in [0.1, 0.15) is 24.2 Å². The summed E-state index contributed by atoms with van der Waals surface area (Å²) in [7, 11) is 1.99. The molecular formula is C42H56F2N8O7Si. The summed E-state index contributed by atoms with van der Waals surface area (Å²) >= 11 is 0. The predicted octanol–water partition coefficient (Wildman–Crippen LogP) is 5.26. The third kappa shape index (κ3) is 11.1. The Balaban J connectivity index is 0.000000274. The number of piperidine rings is 2. The van der Waals surface area contributed by atoms with Crippen LogP contribution in [0.2, 0.25) is 25.7 Å².